The second-order valence-corrected chi connectivity index (χ2v) is 5.88. The number of H-pyrrole nitrogens is 1. The summed E-state index contributed by atoms with van der Waals surface area (Å²) in [5.74, 6) is 0.343. The number of carbonyl (C=O) groups is 1. The van der Waals surface area contributed by atoms with Crippen LogP contribution in [-0.2, 0) is 22.4 Å². The lowest BCUT2D eigenvalue weighted by molar-refractivity contribution is -0.384. The Morgan fingerprint density at radius 3 is 2.65 bits per heavy atom. The predicted octanol–water partition coefficient (Wildman–Crippen LogP) is 3.39. The number of carbonyl (C=O) groups excluding carboxylic acids is 1. The summed E-state index contributed by atoms with van der Waals surface area (Å²) in [6.45, 7) is 0. The highest BCUT2D eigenvalue weighted by Gasteiger charge is 2.13. The van der Waals surface area contributed by atoms with Crippen molar-refractivity contribution < 1.29 is 19.2 Å². The number of aromatic amines is 1. The third kappa shape index (κ3) is 3.51. The summed E-state index contributed by atoms with van der Waals surface area (Å²) in [4.78, 5) is 25.2. The molecular formula is C19H18N2O5. The van der Waals surface area contributed by atoms with Gasteiger partial charge in [0, 0.05) is 35.7 Å². The molecule has 0 saturated carbocycles. The number of rotatable bonds is 6. The van der Waals surface area contributed by atoms with Crippen LogP contribution < -0.4 is 4.74 Å². The quantitative estimate of drug-likeness (QED) is 0.416. The number of esters is 1. The van der Waals surface area contributed by atoms with Gasteiger partial charge in [-0.3, -0.25) is 14.9 Å². The number of nitrogens with one attached hydrogen (secondary N) is 1. The third-order valence-electron chi connectivity index (χ3n) is 4.27. The van der Waals surface area contributed by atoms with Crippen LogP contribution in [0.15, 0.2) is 42.6 Å². The normalized spacial score (nSPS) is 10.7. The number of benzene rings is 2. The van der Waals surface area contributed by atoms with E-state index in [9.17, 15) is 14.9 Å². The molecule has 0 unspecified atom stereocenters. The molecule has 3 rings (SSSR count). The Labute approximate surface area is 149 Å². The van der Waals surface area contributed by atoms with Gasteiger partial charge in [0.2, 0.25) is 0 Å². The fourth-order valence-electron chi connectivity index (χ4n) is 2.92. The maximum Gasteiger partial charge on any atom is 0.309 e. The number of nitro groups is 1. The molecule has 1 N–H and O–H groups in total. The number of non-ortho nitro benzene ring substituents is 1. The van der Waals surface area contributed by atoms with Gasteiger partial charge in [0.1, 0.15) is 5.75 Å². The highest BCUT2D eigenvalue weighted by atomic mass is 16.6. The van der Waals surface area contributed by atoms with Crippen LogP contribution in [0.3, 0.4) is 0 Å². The molecule has 0 amide bonds. The largest absolute Gasteiger partial charge is 0.496 e. The lowest BCUT2D eigenvalue weighted by atomic mass is 10.0. The van der Waals surface area contributed by atoms with Crippen LogP contribution in [0.2, 0.25) is 0 Å². The summed E-state index contributed by atoms with van der Waals surface area (Å²) in [5.41, 5.74) is 3.55. The molecule has 134 valence electrons. The Balaban J connectivity index is 1.93. The molecule has 0 saturated heterocycles. The van der Waals surface area contributed by atoms with Gasteiger partial charge in [-0.15, -0.1) is 0 Å². The summed E-state index contributed by atoms with van der Waals surface area (Å²) in [5, 5.41) is 11.8. The smallest absolute Gasteiger partial charge is 0.309 e. The zero-order valence-electron chi connectivity index (χ0n) is 14.4. The molecule has 0 aliphatic heterocycles. The van der Waals surface area contributed by atoms with E-state index in [2.05, 4.69) is 9.72 Å². The molecule has 0 radical (unpaired) electrons. The van der Waals surface area contributed by atoms with Crippen molar-refractivity contribution >= 4 is 22.6 Å². The van der Waals surface area contributed by atoms with Crippen molar-refractivity contribution in [1.82, 2.24) is 4.98 Å². The number of fused-ring (bicyclic) bond motifs is 1. The topological polar surface area (TPSA) is 94.5 Å². The lowest BCUT2D eigenvalue weighted by Crippen LogP contribution is -2.05. The molecule has 1 aromatic heterocycles. The van der Waals surface area contributed by atoms with Crippen molar-refractivity contribution in [3.63, 3.8) is 0 Å². The molecular weight excluding hydrogens is 336 g/mol. The Kier molecular flexibility index (Phi) is 4.88. The van der Waals surface area contributed by atoms with Gasteiger partial charge in [-0.25, -0.2) is 0 Å². The summed E-state index contributed by atoms with van der Waals surface area (Å²) < 4.78 is 10.1. The number of ether oxygens (including phenoxy) is 2. The summed E-state index contributed by atoms with van der Waals surface area (Å²) >= 11 is 0. The number of hydrogen-bond acceptors (Lipinski definition) is 5. The summed E-state index contributed by atoms with van der Waals surface area (Å²) in [7, 11) is 2.92. The van der Waals surface area contributed by atoms with Crippen molar-refractivity contribution in [2.75, 3.05) is 14.2 Å². The van der Waals surface area contributed by atoms with E-state index >= 15 is 0 Å². The molecule has 0 aliphatic carbocycles. The minimum Gasteiger partial charge on any atom is -0.496 e. The first kappa shape index (κ1) is 17.5. The van der Waals surface area contributed by atoms with Crippen LogP contribution in [0.5, 0.6) is 5.75 Å². The number of nitro benzene ring substituents is 1. The van der Waals surface area contributed by atoms with E-state index < -0.39 is 4.92 Å². The van der Waals surface area contributed by atoms with E-state index in [-0.39, 0.29) is 18.1 Å². The average Bonchev–Trinajstić information content (AvgIpc) is 3.04. The second kappa shape index (κ2) is 7.26. The highest BCUT2D eigenvalue weighted by molar-refractivity contribution is 5.85. The van der Waals surface area contributed by atoms with Crippen molar-refractivity contribution in [1.29, 1.82) is 0 Å². The van der Waals surface area contributed by atoms with E-state index in [0.717, 1.165) is 27.6 Å². The number of hydrogen-bond donors (Lipinski definition) is 1. The fraction of sp³-hybridized carbons (Fsp3) is 0.211. The Morgan fingerprint density at radius 1 is 1.15 bits per heavy atom. The van der Waals surface area contributed by atoms with Crippen LogP contribution in [0, 0.1) is 10.1 Å². The van der Waals surface area contributed by atoms with E-state index in [1.165, 1.54) is 13.2 Å². The molecule has 0 aliphatic rings. The number of aromatic nitrogens is 1. The van der Waals surface area contributed by atoms with E-state index in [1.807, 2.05) is 24.4 Å². The van der Waals surface area contributed by atoms with E-state index in [1.54, 1.807) is 19.2 Å². The lowest BCUT2D eigenvalue weighted by Gasteiger charge is -2.10. The van der Waals surface area contributed by atoms with Crippen LogP contribution in [0.1, 0.15) is 16.7 Å². The molecule has 7 heteroatoms. The van der Waals surface area contributed by atoms with Gasteiger partial charge in [0.25, 0.3) is 5.69 Å². The summed E-state index contributed by atoms with van der Waals surface area (Å²) in [6.07, 6.45) is 2.56. The Morgan fingerprint density at radius 2 is 1.96 bits per heavy atom. The minimum atomic E-state index is -0.404. The molecule has 0 atom stereocenters. The first-order valence-electron chi connectivity index (χ1n) is 7.99. The maximum absolute atomic E-state index is 11.4. The highest BCUT2D eigenvalue weighted by Crippen LogP contribution is 2.29. The van der Waals surface area contributed by atoms with Gasteiger partial charge < -0.3 is 14.5 Å². The average molecular weight is 354 g/mol. The van der Waals surface area contributed by atoms with Crippen LogP contribution in [0.4, 0.5) is 5.69 Å². The Hall–Kier alpha value is -3.35. The first-order valence-corrected chi connectivity index (χ1v) is 7.99. The monoisotopic (exact) mass is 354 g/mol. The molecule has 26 heavy (non-hydrogen) atoms. The molecule has 0 bridgehead atoms. The SMILES string of the molecule is COC(=O)Cc1ccc(Cc2c[nH]c3ccc([N+](=O)[O-])cc23)c(OC)c1. The van der Waals surface area contributed by atoms with Crippen LogP contribution >= 0.6 is 0 Å². The van der Waals surface area contributed by atoms with E-state index in [4.69, 9.17) is 4.74 Å². The second-order valence-electron chi connectivity index (χ2n) is 5.88. The van der Waals surface area contributed by atoms with Gasteiger partial charge in [-0.1, -0.05) is 12.1 Å². The van der Waals surface area contributed by atoms with E-state index in [0.29, 0.717) is 12.2 Å². The van der Waals surface area contributed by atoms with Gasteiger partial charge in [0.05, 0.1) is 25.6 Å². The van der Waals surface area contributed by atoms with Crippen molar-refractivity contribution in [3.05, 3.63) is 69.4 Å². The molecule has 1 heterocycles. The number of nitrogens with zero attached hydrogens (tertiary/aromatic N) is 1. The number of methoxy groups -OCH3 is 2. The zero-order valence-corrected chi connectivity index (χ0v) is 14.4. The standard InChI is InChI=1S/C19H18N2O5/c1-25-18-7-12(8-19(22)26-2)3-4-13(18)9-14-11-20-17-6-5-15(21(23)24)10-16(14)17/h3-7,10-11,20H,8-9H2,1-2H3. The molecule has 7 nitrogen and oxygen atoms in total. The van der Waals surface area contributed by atoms with Crippen LogP contribution in [-0.4, -0.2) is 30.1 Å². The van der Waals surface area contributed by atoms with Gasteiger partial charge >= 0.3 is 5.97 Å². The molecule has 2 aromatic carbocycles. The van der Waals surface area contributed by atoms with Crippen LogP contribution in [0.25, 0.3) is 10.9 Å². The fourth-order valence-corrected chi connectivity index (χ4v) is 2.92. The maximum atomic E-state index is 11.4. The molecule has 0 spiro atoms. The molecule has 0 fully saturated rings. The van der Waals surface area contributed by atoms with Crippen molar-refractivity contribution in [3.8, 4) is 5.75 Å². The zero-order chi connectivity index (χ0) is 18.7. The first-order chi connectivity index (χ1) is 12.5. The molecule has 3 aromatic rings. The summed E-state index contributed by atoms with van der Waals surface area (Å²) in [6, 6.07) is 10.3. The van der Waals surface area contributed by atoms with Crippen molar-refractivity contribution in [2.24, 2.45) is 0 Å². The predicted molar refractivity (Wildman–Crippen MR) is 96.5 cm³/mol. The third-order valence-corrected chi connectivity index (χ3v) is 4.27. The van der Waals surface area contributed by atoms with Gasteiger partial charge in [-0.05, 0) is 28.8 Å². The van der Waals surface area contributed by atoms with Gasteiger partial charge in [-0.2, -0.15) is 0 Å². The minimum absolute atomic E-state index is 0.0544. The Bertz CT molecular complexity index is 977. The van der Waals surface area contributed by atoms with Gasteiger partial charge in [0.15, 0.2) is 0 Å². The van der Waals surface area contributed by atoms with Crippen molar-refractivity contribution in [2.45, 2.75) is 12.8 Å².